The van der Waals surface area contributed by atoms with Crippen LogP contribution in [-0.2, 0) is 5.44 Å². The van der Waals surface area contributed by atoms with Crippen molar-refractivity contribution in [1.82, 2.24) is 21.0 Å². The fourth-order valence-corrected chi connectivity index (χ4v) is 4.40. The van der Waals surface area contributed by atoms with E-state index in [4.69, 9.17) is 7.85 Å². The molecule has 1 aromatic heterocycles. The van der Waals surface area contributed by atoms with E-state index in [0.717, 1.165) is 12.8 Å². The van der Waals surface area contributed by atoms with E-state index in [0.29, 0.717) is 51.7 Å². The van der Waals surface area contributed by atoms with Crippen molar-refractivity contribution in [1.29, 1.82) is 10.5 Å². The zero-order valence-electron chi connectivity index (χ0n) is 21.6. The number of fused-ring (bicyclic) bond motifs is 1. The van der Waals surface area contributed by atoms with Crippen LogP contribution in [0.15, 0.2) is 54.5 Å². The molecule has 2 aromatic carbocycles. The number of benzene rings is 2. The Bertz CT molecular complexity index is 1510. The van der Waals surface area contributed by atoms with Gasteiger partial charge in [-0.15, -0.1) is 5.53 Å². The maximum absolute atomic E-state index is 15.4. The Morgan fingerprint density at radius 2 is 1.97 bits per heavy atom. The average molecular weight is 506 g/mol. The standard InChI is InChI=1S/C28H28BFN8/c1-27(2,3)16-34-25-18(13-32)14-33-26-22(25)10-20(11-23(26)30)35-28(29,19-6-4-5-17(9-19)12-31)24-15-38(37-36-24)21-7-8-21/h4-6,9-11,14-15,21,35-37H,7-8,16H2,1-3H3,(H,33,34). The number of halogens is 1. The number of nitriles is 2. The molecule has 2 radical (unpaired) electrons. The maximum Gasteiger partial charge on any atom is 0.151 e. The Labute approximate surface area is 222 Å². The smallest absolute Gasteiger partial charge is 0.151 e. The van der Waals surface area contributed by atoms with Crippen molar-refractivity contribution in [2.45, 2.75) is 45.1 Å². The Morgan fingerprint density at radius 3 is 2.66 bits per heavy atom. The van der Waals surface area contributed by atoms with E-state index in [2.05, 4.69) is 59.5 Å². The first kappa shape index (κ1) is 25.4. The van der Waals surface area contributed by atoms with Gasteiger partial charge in [0.15, 0.2) is 5.82 Å². The van der Waals surface area contributed by atoms with Crippen molar-refractivity contribution in [3.8, 4) is 12.1 Å². The fraction of sp³-hybridized carbons (Fsp3) is 0.321. The molecule has 1 aliphatic heterocycles. The first-order valence-electron chi connectivity index (χ1n) is 12.5. The van der Waals surface area contributed by atoms with Crippen LogP contribution < -0.4 is 21.6 Å². The van der Waals surface area contributed by atoms with Gasteiger partial charge in [-0.05, 0) is 48.1 Å². The molecule has 4 N–H and O–H groups in total. The minimum atomic E-state index is -1.34. The molecule has 3 aromatic rings. The number of nitrogens with zero attached hydrogens (tertiary/aromatic N) is 4. The summed E-state index contributed by atoms with van der Waals surface area (Å²) < 4.78 is 15.4. The lowest BCUT2D eigenvalue weighted by Gasteiger charge is -2.34. The second-order valence-electron chi connectivity index (χ2n) is 11.0. The van der Waals surface area contributed by atoms with Crippen molar-refractivity contribution < 1.29 is 4.39 Å². The summed E-state index contributed by atoms with van der Waals surface area (Å²) >= 11 is 0. The van der Waals surface area contributed by atoms with E-state index in [9.17, 15) is 10.5 Å². The summed E-state index contributed by atoms with van der Waals surface area (Å²) in [6, 6.07) is 14.8. The highest BCUT2D eigenvalue weighted by Crippen LogP contribution is 2.37. The van der Waals surface area contributed by atoms with Crippen molar-refractivity contribution in [2.24, 2.45) is 5.41 Å². The maximum atomic E-state index is 15.4. The lowest BCUT2D eigenvalue weighted by Crippen LogP contribution is -2.45. The van der Waals surface area contributed by atoms with Gasteiger partial charge in [0.05, 0.1) is 34.0 Å². The fourth-order valence-electron chi connectivity index (χ4n) is 4.40. The van der Waals surface area contributed by atoms with Gasteiger partial charge in [0.1, 0.15) is 19.4 Å². The molecule has 1 aliphatic carbocycles. The van der Waals surface area contributed by atoms with Crippen molar-refractivity contribution in [3.63, 3.8) is 0 Å². The molecule has 1 atom stereocenters. The zero-order chi connectivity index (χ0) is 27.1. The van der Waals surface area contributed by atoms with Crippen LogP contribution in [-0.4, -0.2) is 30.4 Å². The van der Waals surface area contributed by atoms with Crippen molar-refractivity contribution in [3.05, 3.63) is 77.0 Å². The van der Waals surface area contributed by atoms with E-state index >= 15 is 4.39 Å². The topological polar surface area (TPSA) is 112 Å². The third-order valence-corrected chi connectivity index (χ3v) is 6.58. The number of aromatic nitrogens is 1. The lowest BCUT2D eigenvalue weighted by atomic mass is 9.69. The van der Waals surface area contributed by atoms with Crippen LogP contribution in [0, 0.1) is 33.9 Å². The van der Waals surface area contributed by atoms with Crippen molar-refractivity contribution >= 4 is 30.1 Å². The Balaban J connectivity index is 1.61. The normalized spacial score (nSPS) is 16.7. The minimum absolute atomic E-state index is 0.0735. The van der Waals surface area contributed by atoms with Crippen LogP contribution in [0.3, 0.4) is 0 Å². The van der Waals surface area contributed by atoms with E-state index in [1.54, 1.807) is 24.3 Å². The number of hydrogen-bond acceptors (Lipinski definition) is 8. The Hall–Kier alpha value is -4.28. The number of anilines is 2. The summed E-state index contributed by atoms with van der Waals surface area (Å²) in [7, 11) is 7.04. The van der Waals surface area contributed by atoms with Crippen LogP contribution in [0.25, 0.3) is 10.9 Å². The number of rotatable bonds is 7. The number of pyridine rings is 1. The molecule has 190 valence electrons. The highest BCUT2D eigenvalue weighted by atomic mass is 19.1. The molecular formula is C28H28BFN8. The predicted molar refractivity (Wildman–Crippen MR) is 146 cm³/mol. The van der Waals surface area contributed by atoms with Gasteiger partial charge < -0.3 is 16.1 Å². The highest BCUT2D eigenvalue weighted by molar-refractivity contribution is 6.19. The summed E-state index contributed by atoms with van der Waals surface area (Å²) in [5.74, 6) is -0.549. The second-order valence-corrected chi connectivity index (χ2v) is 11.0. The van der Waals surface area contributed by atoms with Crippen LogP contribution >= 0.6 is 0 Å². The summed E-state index contributed by atoms with van der Waals surface area (Å²) in [6.07, 6.45) is 5.42. The van der Waals surface area contributed by atoms with Crippen LogP contribution in [0.4, 0.5) is 15.8 Å². The molecule has 0 amide bonds. The van der Waals surface area contributed by atoms with Gasteiger partial charge in [-0.3, -0.25) is 9.99 Å². The van der Waals surface area contributed by atoms with Gasteiger partial charge in [0.2, 0.25) is 0 Å². The summed E-state index contributed by atoms with van der Waals surface area (Å²) in [4.78, 5) is 4.22. The van der Waals surface area contributed by atoms with Crippen LogP contribution in [0.2, 0.25) is 0 Å². The molecule has 1 fully saturated rings. The molecule has 2 aliphatic rings. The van der Waals surface area contributed by atoms with E-state index in [-0.39, 0.29) is 10.9 Å². The average Bonchev–Trinajstić information content (AvgIpc) is 3.62. The molecule has 8 nitrogen and oxygen atoms in total. The number of nitrogens with one attached hydrogen (secondary N) is 4. The van der Waals surface area contributed by atoms with Crippen molar-refractivity contribution in [2.75, 3.05) is 17.2 Å². The summed E-state index contributed by atoms with van der Waals surface area (Å²) in [5.41, 5.74) is 7.92. The SMILES string of the molecule is [B]C(Nc1cc(F)c2ncc(C#N)c(NCC(C)(C)C)c2c1)(C1=CN(C2CC2)NN1)c1cccc(C#N)c1. The molecule has 5 rings (SSSR count). The molecular weight excluding hydrogens is 478 g/mol. The summed E-state index contributed by atoms with van der Waals surface area (Å²) in [5, 5.41) is 28.3. The molecule has 1 unspecified atom stereocenters. The zero-order valence-corrected chi connectivity index (χ0v) is 21.6. The predicted octanol–water partition coefficient (Wildman–Crippen LogP) is 4.34. The van der Waals surface area contributed by atoms with Crippen LogP contribution in [0.5, 0.6) is 0 Å². The van der Waals surface area contributed by atoms with Gasteiger partial charge in [0.25, 0.3) is 0 Å². The first-order valence-corrected chi connectivity index (χ1v) is 12.5. The second kappa shape index (κ2) is 9.55. The summed E-state index contributed by atoms with van der Waals surface area (Å²) in [6.45, 7) is 6.79. The van der Waals surface area contributed by atoms with Crippen LogP contribution in [0.1, 0.15) is 50.3 Å². The lowest BCUT2D eigenvalue weighted by molar-refractivity contribution is 0.260. The number of hydrazine groups is 2. The minimum Gasteiger partial charge on any atom is -0.383 e. The molecule has 1 saturated carbocycles. The van der Waals surface area contributed by atoms with Gasteiger partial charge in [0, 0.05) is 36.1 Å². The molecule has 2 heterocycles. The highest BCUT2D eigenvalue weighted by Gasteiger charge is 2.38. The largest absolute Gasteiger partial charge is 0.383 e. The van der Waals surface area contributed by atoms with Gasteiger partial charge in [-0.2, -0.15) is 10.5 Å². The van der Waals surface area contributed by atoms with E-state index in [1.165, 1.54) is 12.3 Å². The van der Waals surface area contributed by atoms with Gasteiger partial charge in [-0.25, -0.2) is 4.39 Å². The quantitative estimate of drug-likeness (QED) is 0.351. The molecule has 0 spiro atoms. The molecule has 38 heavy (non-hydrogen) atoms. The van der Waals surface area contributed by atoms with Gasteiger partial charge in [-0.1, -0.05) is 32.9 Å². The third kappa shape index (κ3) is 4.96. The van der Waals surface area contributed by atoms with Gasteiger partial charge >= 0.3 is 0 Å². The Kier molecular flexibility index (Phi) is 6.38. The molecule has 0 bridgehead atoms. The monoisotopic (exact) mass is 506 g/mol. The van der Waals surface area contributed by atoms with E-state index < -0.39 is 11.3 Å². The number of hydrogen-bond donors (Lipinski definition) is 4. The Morgan fingerprint density at radius 1 is 1.18 bits per heavy atom. The molecule has 10 heteroatoms. The van der Waals surface area contributed by atoms with E-state index in [1.807, 2.05) is 17.3 Å². The third-order valence-electron chi connectivity index (χ3n) is 6.58. The first-order chi connectivity index (χ1) is 18.1. The molecule has 0 saturated heterocycles.